The van der Waals surface area contributed by atoms with Crippen LogP contribution in [0.1, 0.15) is 91.0 Å². The van der Waals surface area contributed by atoms with E-state index < -0.39 is 22.0 Å². The van der Waals surface area contributed by atoms with Gasteiger partial charge in [-0.25, -0.2) is 0 Å². The molecule has 3 aliphatic carbocycles. The van der Waals surface area contributed by atoms with Crippen LogP contribution in [-0.2, 0) is 14.9 Å². The Labute approximate surface area is 282 Å². The lowest BCUT2D eigenvalue weighted by Crippen LogP contribution is -2.44. The van der Waals surface area contributed by atoms with Crippen LogP contribution in [-0.4, -0.2) is 25.5 Å². The number of para-hydroxylation sites is 1. The molecule has 246 valence electrons. The topological polar surface area (TPSA) is 89.9 Å². The molecule has 0 aliphatic heterocycles. The maximum Gasteiger partial charge on any atom is 0.315 e. The van der Waals surface area contributed by atoms with Gasteiger partial charge in [-0.05, 0) is 52.4 Å². The molecule has 48 heavy (non-hydrogen) atoms. The molecule has 0 spiro atoms. The average Bonchev–Trinajstić information content (AvgIpc) is 3.10. The van der Waals surface area contributed by atoms with Gasteiger partial charge in [0.2, 0.25) is 0 Å². The number of fused-ring (bicyclic) bond motifs is 2. The summed E-state index contributed by atoms with van der Waals surface area (Å²) in [5.41, 5.74) is 5.65. The maximum absolute atomic E-state index is 14.8. The van der Waals surface area contributed by atoms with Gasteiger partial charge < -0.3 is 9.47 Å². The standard InChI is InChI=1S/C41H40O6S/c1-2-3-4-5-6-15-26-46-34-23-14-13-22-33(34)39-37-29-18-9-11-20-31(29)38(32-21-12-10-19-30(32)37)40(39)41(42)47-35-24-25-36(48(43,44)45)28-17-8-7-16-27(28)35/h7-14,16-25,37-40H,2-6,15,26H2,1H3,(H,43,44,45). The highest BCUT2D eigenvalue weighted by Crippen LogP contribution is 2.62. The minimum absolute atomic E-state index is 0.0996. The molecule has 5 aromatic rings. The summed E-state index contributed by atoms with van der Waals surface area (Å²) in [7, 11) is -4.49. The highest BCUT2D eigenvalue weighted by molar-refractivity contribution is 7.86. The van der Waals surface area contributed by atoms with E-state index in [0.29, 0.717) is 12.0 Å². The van der Waals surface area contributed by atoms with Crippen LogP contribution in [0.3, 0.4) is 0 Å². The van der Waals surface area contributed by atoms with E-state index in [1.807, 2.05) is 30.3 Å². The van der Waals surface area contributed by atoms with Crippen LogP contribution in [0.15, 0.2) is 114 Å². The highest BCUT2D eigenvalue weighted by atomic mass is 32.2. The van der Waals surface area contributed by atoms with Gasteiger partial charge in [0.25, 0.3) is 10.1 Å². The van der Waals surface area contributed by atoms with Gasteiger partial charge in [0.05, 0.1) is 12.5 Å². The van der Waals surface area contributed by atoms with Crippen molar-refractivity contribution in [2.75, 3.05) is 6.61 Å². The normalized spacial score (nSPS) is 19.5. The van der Waals surface area contributed by atoms with Gasteiger partial charge in [-0.1, -0.05) is 130 Å². The Morgan fingerprint density at radius 2 is 1.17 bits per heavy atom. The maximum atomic E-state index is 14.8. The molecule has 0 saturated carbocycles. The van der Waals surface area contributed by atoms with Crippen molar-refractivity contribution in [1.82, 2.24) is 0 Å². The number of rotatable bonds is 12. The van der Waals surface area contributed by atoms with Crippen LogP contribution >= 0.6 is 0 Å². The molecule has 5 aromatic carbocycles. The summed E-state index contributed by atoms with van der Waals surface area (Å²) < 4.78 is 47.0. The molecule has 3 aliphatic rings. The Morgan fingerprint density at radius 1 is 0.625 bits per heavy atom. The number of ether oxygens (including phenoxy) is 2. The van der Waals surface area contributed by atoms with Gasteiger partial charge in [0.15, 0.2) is 0 Å². The molecular formula is C41H40O6S. The Morgan fingerprint density at radius 3 is 1.81 bits per heavy atom. The lowest BCUT2D eigenvalue weighted by molar-refractivity contribution is -0.141. The molecule has 2 unspecified atom stereocenters. The second-order valence-electron chi connectivity index (χ2n) is 12.9. The van der Waals surface area contributed by atoms with Crippen LogP contribution in [0.5, 0.6) is 11.5 Å². The molecule has 0 aromatic heterocycles. The summed E-state index contributed by atoms with van der Waals surface area (Å²) >= 11 is 0. The van der Waals surface area contributed by atoms with Crippen molar-refractivity contribution in [1.29, 1.82) is 0 Å². The summed E-state index contributed by atoms with van der Waals surface area (Å²) in [6.45, 7) is 2.83. The zero-order valence-electron chi connectivity index (χ0n) is 27.0. The van der Waals surface area contributed by atoms with Crippen molar-refractivity contribution in [2.24, 2.45) is 5.92 Å². The predicted octanol–water partition coefficient (Wildman–Crippen LogP) is 9.42. The Hall–Kier alpha value is -4.46. The van der Waals surface area contributed by atoms with E-state index >= 15 is 0 Å². The fourth-order valence-corrected chi connectivity index (χ4v) is 8.72. The van der Waals surface area contributed by atoms with Gasteiger partial charge in [-0.2, -0.15) is 8.42 Å². The molecule has 0 fully saturated rings. The van der Waals surface area contributed by atoms with Crippen LogP contribution in [0, 0.1) is 5.92 Å². The van der Waals surface area contributed by atoms with Gasteiger partial charge in [0.1, 0.15) is 16.4 Å². The SMILES string of the molecule is CCCCCCCCOc1ccccc1C1C2c3ccccc3C(c3ccccc32)C1C(=O)Oc1ccc(S(=O)(=O)O)c2ccccc12. The van der Waals surface area contributed by atoms with E-state index in [-0.39, 0.29) is 33.8 Å². The first-order valence-electron chi connectivity index (χ1n) is 17.0. The van der Waals surface area contributed by atoms with Gasteiger partial charge in [0, 0.05) is 28.5 Å². The fraction of sp³-hybridized carbons (Fsp3) is 0.293. The Bertz CT molecular complexity index is 2020. The monoisotopic (exact) mass is 660 g/mol. The van der Waals surface area contributed by atoms with Crippen molar-refractivity contribution in [3.63, 3.8) is 0 Å². The number of carbonyl (C=O) groups excluding carboxylic acids is 1. The largest absolute Gasteiger partial charge is 0.493 e. The van der Waals surface area contributed by atoms with Crippen molar-refractivity contribution in [3.8, 4) is 11.5 Å². The lowest BCUT2D eigenvalue weighted by Gasteiger charge is -2.50. The average molecular weight is 661 g/mol. The molecule has 7 heteroatoms. The van der Waals surface area contributed by atoms with Gasteiger partial charge in [-0.3, -0.25) is 9.35 Å². The Balaban J connectivity index is 1.30. The molecule has 0 saturated heterocycles. The molecule has 1 N–H and O–H groups in total. The first-order valence-corrected chi connectivity index (χ1v) is 18.4. The summed E-state index contributed by atoms with van der Waals surface area (Å²) in [6, 6.07) is 34.4. The molecule has 8 rings (SSSR count). The quantitative estimate of drug-likeness (QED) is 0.0621. The third kappa shape index (κ3) is 5.90. The predicted molar refractivity (Wildman–Crippen MR) is 188 cm³/mol. The second-order valence-corrected chi connectivity index (χ2v) is 14.3. The second kappa shape index (κ2) is 13.6. The third-order valence-corrected chi connectivity index (χ3v) is 11.0. The first kappa shape index (κ1) is 32.1. The zero-order valence-corrected chi connectivity index (χ0v) is 27.9. The lowest BCUT2D eigenvalue weighted by atomic mass is 9.53. The highest BCUT2D eigenvalue weighted by Gasteiger charge is 2.54. The molecule has 6 nitrogen and oxygen atoms in total. The minimum atomic E-state index is -4.49. The molecule has 0 radical (unpaired) electrons. The van der Waals surface area contributed by atoms with Gasteiger partial charge >= 0.3 is 5.97 Å². The van der Waals surface area contributed by atoms with Crippen LogP contribution in [0.25, 0.3) is 10.8 Å². The Kier molecular flexibility index (Phi) is 9.08. The summed E-state index contributed by atoms with van der Waals surface area (Å²) in [6.07, 6.45) is 7.01. The van der Waals surface area contributed by atoms with Crippen LogP contribution in [0.2, 0.25) is 0 Å². The van der Waals surface area contributed by atoms with Crippen molar-refractivity contribution >= 4 is 26.9 Å². The van der Waals surface area contributed by atoms with Crippen LogP contribution < -0.4 is 9.47 Å². The number of hydrogen-bond acceptors (Lipinski definition) is 5. The minimum Gasteiger partial charge on any atom is -0.493 e. The molecule has 0 amide bonds. The van der Waals surface area contributed by atoms with E-state index in [1.165, 1.54) is 48.9 Å². The molecule has 2 bridgehead atoms. The number of esters is 1. The van der Waals surface area contributed by atoms with E-state index in [4.69, 9.17) is 9.47 Å². The number of benzene rings is 5. The number of unbranched alkanes of at least 4 members (excludes halogenated alkanes) is 5. The summed E-state index contributed by atoms with van der Waals surface area (Å²) in [5, 5.41) is 0.720. The number of carbonyl (C=O) groups is 1. The van der Waals surface area contributed by atoms with Crippen molar-refractivity contribution in [2.45, 2.75) is 68.1 Å². The van der Waals surface area contributed by atoms with E-state index in [1.54, 1.807) is 24.3 Å². The molecular weight excluding hydrogens is 621 g/mol. The number of hydrogen-bond donors (Lipinski definition) is 1. The van der Waals surface area contributed by atoms with Crippen LogP contribution in [0.4, 0.5) is 0 Å². The van der Waals surface area contributed by atoms with E-state index in [9.17, 15) is 17.8 Å². The molecule has 0 heterocycles. The van der Waals surface area contributed by atoms with E-state index in [0.717, 1.165) is 35.3 Å². The van der Waals surface area contributed by atoms with Crippen molar-refractivity contribution < 1.29 is 27.2 Å². The summed E-state index contributed by atoms with van der Waals surface area (Å²) in [4.78, 5) is 14.5. The van der Waals surface area contributed by atoms with E-state index in [2.05, 4.69) is 49.4 Å². The third-order valence-electron chi connectivity index (χ3n) is 10.1. The zero-order chi connectivity index (χ0) is 33.3. The summed E-state index contributed by atoms with van der Waals surface area (Å²) in [5.74, 6) is -0.562. The van der Waals surface area contributed by atoms with Gasteiger partial charge in [-0.15, -0.1) is 0 Å². The molecule has 2 atom stereocenters. The fourth-order valence-electron chi connectivity index (χ4n) is 8.02. The van der Waals surface area contributed by atoms with Crippen molar-refractivity contribution in [3.05, 3.63) is 137 Å². The first-order chi connectivity index (χ1) is 23.4. The smallest absolute Gasteiger partial charge is 0.315 e.